The molecule has 1 heterocycles. The molecule has 1 aromatic rings. The second kappa shape index (κ2) is 6.89. The number of carboxylic acids is 1. The molecule has 0 saturated heterocycles. The van der Waals surface area contributed by atoms with E-state index in [0.29, 0.717) is 35.4 Å². The maximum absolute atomic E-state index is 11.1. The van der Waals surface area contributed by atoms with Crippen LogP contribution in [0.25, 0.3) is 0 Å². The first-order valence-corrected chi connectivity index (χ1v) is 6.58. The third-order valence-corrected chi connectivity index (χ3v) is 3.37. The van der Waals surface area contributed by atoms with Crippen LogP contribution in [0, 0.1) is 12.3 Å². The molecule has 1 aliphatic carbocycles. The van der Waals surface area contributed by atoms with E-state index in [1.807, 2.05) is 0 Å². The Bertz CT molecular complexity index is 622. The molecule has 2 rings (SSSR count). The van der Waals surface area contributed by atoms with E-state index in [1.165, 1.54) is 0 Å². The maximum Gasteiger partial charge on any atom is 1.00 e. The van der Waals surface area contributed by atoms with Gasteiger partial charge in [-0.05, 0) is 31.0 Å². The fourth-order valence-corrected chi connectivity index (χ4v) is 2.57. The van der Waals surface area contributed by atoms with Gasteiger partial charge in [-0.25, -0.2) is 0 Å². The molecule has 108 valence electrons. The Morgan fingerprint density at radius 2 is 2.10 bits per heavy atom. The number of fused-ring (bicyclic) bond motifs is 1. The number of furan rings is 1. The Morgan fingerprint density at radius 3 is 2.62 bits per heavy atom. The number of carboxylic acid groups (broad SMARTS) is 1. The third kappa shape index (κ3) is 4.14. The number of rotatable bonds is 2. The van der Waals surface area contributed by atoms with Gasteiger partial charge in [0.15, 0.2) is 10.9 Å². The molecule has 8 heteroatoms. The van der Waals surface area contributed by atoms with E-state index in [9.17, 15) is 9.90 Å². The van der Waals surface area contributed by atoms with Gasteiger partial charge in [-0.1, -0.05) is 13.8 Å². The summed E-state index contributed by atoms with van der Waals surface area (Å²) in [6, 6.07) is 0. The van der Waals surface area contributed by atoms with E-state index >= 15 is 0 Å². The zero-order valence-corrected chi connectivity index (χ0v) is 16.5. The van der Waals surface area contributed by atoms with Crippen molar-refractivity contribution in [2.24, 2.45) is 16.3 Å². The second-order valence-corrected chi connectivity index (χ2v) is 6.13. The average Bonchev–Trinajstić information content (AvgIpc) is 2.62. The number of aromatic carboxylic acids is 1. The normalized spacial score (nSPS) is 17.8. The molecule has 1 aromatic heterocycles. The summed E-state index contributed by atoms with van der Waals surface area (Å²) in [5, 5.41) is 15.3. The molecule has 0 saturated carbocycles. The van der Waals surface area contributed by atoms with Crippen molar-refractivity contribution in [1.29, 1.82) is 0 Å². The van der Waals surface area contributed by atoms with Crippen molar-refractivity contribution in [3.8, 4) is 0 Å². The summed E-state index contributed by atoms with van der Waals surface area (Å²) < 4.78 is 5.44. The smallest absolute Gasteiger partial charge is 0.542 e. The van der Waals surface area contributed by atoms with Gasteiger partial charge in [0.2, 0.25) is 0 Å². The van der Waals surface area contributed by atoms with Crippen molar-refractivity contribution < 1.29 is 65.7 Å². The number of nitrogens with one attached hydrogen (secondary N) is 1. The van der Waals surface area contributed by atoms with Gasteiger partial charge in [0.05, 0.1) is 5.71 Å². The van der Waals surface area contributed by atoms with Crippen molar-refractivity contribution in [3.05, 3.63) is 22.6 Å². The van der Waals surface area contributed by atoms with Crippen LogP contribution >= 0.6 is 12.2 Å². The number of carbonyl (C=O) groups excluding carboxylic acids is 1. The minimum absolute atomic E-state index is 0. The zero-order valence-electron chi connectivity index (χ0n) is 12.6. The Kier molecular flexibility index (Phi) is 6.16. The van der Waals surface area contributed by atoms with Crippen LogP contribution in [0.4, 0.5) is 0 Å². The maximum atomic E-state index is 11.1. The first kappa shape index (κ1) is 18.8. The van der Waals surface area contributed by atoms with Crippen LogP contribution in [0.5, 0.6) is 0 Å². The van der Waals surface area contributed by atoms with Gasteiger partial charge in [0.1, 0.15) is 11.7 Å². The SMILES string of the molecule is Cc1c(C(=O)[O-])oc2c1/C(=N/NC(N)=S)CC(C)(C)C2.[K+]. The summed E-state index contributed by atoms with van der Waals surface area (Å²) in [5.74, 6) is -0.853. The minimum atomic E-state index is -1.32. The van der Waals surface area contributed by atoms with Crippen molar-refractivity contribution in [2.45, 2.75) is 33.6 Å². The van der Waals surface area contributed by atoms with E-state index in [-0.39, 0.29) is 67.7 Å². The van der Waals surface area contributed by atoms with Gasteiger partial charge in [-0.2, -0.15) is 5.10 Å². The van der Waals surface area contributed by atoms with Crippen LogP contribution in [0.3, 0.4) is 0 Å². The Labute approximate surface area is 170 Å². The van der Waals surface area contributed by atoms with Gasteiger partial charge < -0.3 is 20.1 Å². The summed E-state index contributed by atoms with van der Waals surface area (Å²) in [6.45, 7) is 5.80. The summed E-state index contributed by atoms with van der Waals surface area (Å²) in [4.78, 5) is 11.1. The fraction of sp³-hybridized carbons (Fsp3) is 0.462. The molecule has 0 unspecified atom stereocenters. The first-order valence-electron chi connectivity index (χ1n) is 6.17. The number of nitrogens with two attached hydrogens (primary N) is 1. The number of hydrogen-bond donors (Lipinski definition) is 2. The monoisotopic (exact) mass is 333 g/mol. The molecule has 0 spiro atoms. The molecule has 0 atom stereocenters. The van der Waals surface area contributed by atoms with Gasteiger partial charge in [-0.3, -0.25) is 5.43 Å². The van der Waals surface area contributed by atoms with E-state index in [2.05, 4.69) is 24.4 Å². The molecule has 6 nitrogen and oxygen atoms in total. The Morgan fingerprint density at radius 1 is 1.48 bits per heavy atom. The van der Waals surface area contributed by atoms with E-state index < -0.39 is 5.97 Å². The molecule has 0 bridgehead atoms. The predicted octanol–water partition coefficient (Wildman–Crippen LogP) is -2.53. The third-order valence-electron chi connectivity index (χ3n) is 3.28. The molecule has 3 N–H and O–H groups in total. The molecule has 0 amide bonds. The molecular formula is C13H16KN3O3S. The number of thiocarbonyl (C=S) groups is 1. The minimum Gasteiger partial charge on any atom is -0.542 e. The van der Waals surface area contributed by atoms with Crippen LogP contribution in [-0.2, 0) is 6.42 Å². The quantitative estimate of drug-likeness (QED) is 0.351. The summed E-state index contributed by atoms with van der Waals surface area (Å²) in [5.41, 5.74) is 9.77. The molecule has 1 aliphatic rings. The molecular weight excluding hydrogens is 317 g/mol. The number of nitrogens with zero attached hydrogens (tertiary/aromatic N) is 1. The summed E-state index contributed by atoms with van der Waals surface area (Å²) in [7, 11) is 0. The first-order chi connectivity index (χ1) is 9.21. The second-order valence-electron chi connectivity index (χ2n) is 5.69. The van der Waals surface area contributed by atoms with Crippen LogP contribution in [0.2, 0.25) is 0 Å². The van der Waals surface area contributed by atoms with Crippen molar-refractivity contribution >= 4 is 29.0 Å². The van der Waals surface area contributed by atoms with Crippen LogP contribution in [0.15, 0.2) is 9.52 Å². The van der Waals surface area contributed by atoms with Crippen LogP contribution < -0.4 is 67.7 Å². The van der Waals surface area contributed by atoms with Crippen LogP contribution in [0.1, 0.15) is 47.7 Å². The van der Waals surface area contributed by atoms with Gasteiger partial charge >= 0.3 is 51.4 Å². The number of carbonyl (C=O) groups is 1. The zero-order chi connectivity index (χ0) is 15.1. The Balaban J connectivity index is 0.00000220. The predicted molar refractivity (Wildman–Crippen MR) is 76.3 cm³/mol. The Hall–Kier alpha value is -0.254. The fourth-order valence-electron chi connectivity index (χ4n) is 2.53. The van der Waals surface area contributed by atoms with E-state index in [1.54, 1.807) is 6.92 Å². The number of hydrogen-bond acceptors (Lipinski definition) is 5. The summed E-state index contributed by atoms with van der Waals surface area (Å²) >= 11 is 4.73. The summed E-state index contributed by atoms with van der Waals surface area (Å²) in [6.07, 6.45) is 1.31. The standard InChI is InChI=1S/C13H17N3O3S.K/c1-6-9-7(15-16-12(14)20)4-13(2,3)5-8(9)19-10(6)11(17)18;/h4-5H2,1-3H3,(H,17,18)(H3,14,16,20);/q;+1/p-1/b15-7+;. The molecule has 0 fully saturated rings. The molecule has 21 heavy (non-hydrogen) atoms. The largest absolute Gasteiger partial charge is 1.00 e. The molecule has 0 radical (unpaired) electrons. The van der Waals surface area contributed by atoms with Gasteiger partial charge in [0.25, 0.3) is 0 Å². The van der Waals surface area contributed by atoms with Crippen molar-refractivity contribution in [1.82, 2.24) is 5.43 Å². The van der Waals surface area contributed by atoms with Crippen molar-refractivity contribution in [2.75, 3.05) is 0 Å². The van der Waals surface area contributed by atoms with Gasteiger partial charge in [0, 0.05) is 17.5 Å². The molecule has 0 aliphatic heterocycles. The van der Waals surface area contributed by atoms with Gasteiger partial charge in [-0.15, -0.1) is 0 Å². The molecule has 0 aromatic carbocycles. The van der Waals surface area contributed by atoms with E-state index in [0.717, 1.165) is 0 Å². The van der Waals surface area contributed by atoms with E-state index in [4.69, 9.17) is 22.4 Å². The number of hydrazone groups is 1. The van der Waals surface area contributed by atoms with Crippen molar-refractivity contribution in [3.63, 3.8) is 0 Å². The average molecular weight is 333 g/mol. The topological polar surface area (TPSA) is 104 Å². The van der Waals surface area contributed by atoms with Crippen LogP contribution in [-0.4, -0.2) is 16.8 Å².